The number of rotatable bonds is 6. The lowest BCUT2D eigenvalue weighted by Crippen LogP contribution is -2.48. The van der Waals surface area contributed by atoms with Gasteiger partial charge in [-0.1, -0.05) is 39.8 Å². The summed E-state index contributed by atoms with van der Waals surface area (Å²) in [7, 11) is 0. The molecule has 1 saturated heterocycles. The number of nitrogens with one attached hydrogen (secondary N) is 1. The van der Waals surface area contributed by atoms with E-state index in [1.807, 2.05) is 24.3 Å². The van der Waals surface area contributed by atoms with Crippen LogP contribution in [0.2, 0.25) is 0 Å². The minimum Gasteiger partial charge on any atom is -0.480 e. The van der Waals surface area contributed by atoms with Gasteiger partial charge in [0.25, 0.3) is 0 Å². The summed E-state index contributed by atoms with van der Waals surface area (Å²) in [5, 5.41) is 11.7. The minimum absolute atomic E-state index is 0.252. The lowest BCUT2D eigenvalue weighted by molar-refractivity contribution is -0.144. The Kier molecular flexibility index (Phi) is 5.82. The summed E-state index contributed by atoms with van der Waals surface area (Å²) < 4.78 is 0. The lowest BCUT2D eigenvalue weighted by Gasteiger charge is -2.20. The first-order chi connectivity index (χ1) is 11.7. The van der Waals surface area contributed by atoms with Crippen LogP contribution < -0.4 is 10.2 Å². The third-order valence-electron chi connectivity index (χ3n) is 4.62. The van der Waals surface area contributed by atoms with E-state index in [2.05, 4.69) is 19.2 Å². The molecule has 1 aliphatic heterocycles. The van der Waals surface area contributed by atoms with Crippen LogP contribution in [0.5, 0.6) is 0 Å². The molecule has 2 rings (SSSR count). The van der Waals surface area contributed by atoms with Crippen molar-refractivity contribution in [1.29, 1.82) is 0 Å². The van der Waals surface area contributed by atoms with Crippen molar-refractivity contribution in [2.45, 2.75) is 46.1 Å². The Morgan fingerprint density at radius 1 is 1.16 bits per heavy atom. The second-order valence-electron chi connectivity index (χ2n) is 7.15. The van der Waals surface area contributed by atoms with Gasteiger partial charge in [-0.2, -0.15) is 0 Å². The summed E-state index contributed by atoms with van der Waals surface area (Å²) in [6, 6.07) is 6.77. The molecule has 6 heteroatoms. The van der Waals surface area contributed by atoms with Gasteiger partial charge in [-0.3, -0.25) is 9.59 Å². The number of amides is 2. The largest absolute Gasteiger partial charge is 0.480 e. The monoisotopic (exact) mass is 346 g/mol. The number of anilines is 1. The number of carbonyl (C=O) groups excluding carboxylic acids is 2. The van der Waals surface area contributed by atoms with Gasteiger partial charge in [-0.15, -0.1) is 0 Å². The molecule has 0 aliphatic carbocycles. The number of hydrogen-bond acceptors (Lipinski definition) is 3. The molecule has 1 aromatic rings. The van der Waals surface area contributed by atoms with Gasteiger partial charge in [0.15, 0.2) is 0 Å². The van der Waals surface area contributed by atoms with Crippen molar-refractivity contribution in [3.05, 3.63) is 29.8 Å². The Labute approximate surface area is 148 Å². The number of carbonyl (C=O) groups is 3. The molecule has 2 N–H and O–H groups in total. The molecule has 136 valence electrons. The Bertz CT molecular complexity index is 652. The van der Waals surface area contributed by atoms with E-state index in [1.165, 1.54) is 5.56 Å². The number of aliphatic carboxylic acids is 1. The smallest absolute Gasteiger partial charge is 0.326 e. The molecule has 0 radical (unpaired) electrons. The van der Waals surface area contributed by atoms with Crippen molar-refractivity contribution in [3.63, 3.8) is 0 Å². The van der Waals surface area contributed by atoms with Crippen LogP contribution in [0.4, 0.5) is 5.69 Å². The van der Waals surface area contributed by atoms with Crippen molar-refractivity contribution < 1.29 is 19.5 Å². The summed E-state index contributed by atoms with van der Waals surface area (Å²) >= 11 is 0. The highest BCUT2D eigenvalue weighted by atomic mass is 16.4. The fourth-order valence-electron chi connectivity index (χ4n) is 2.99. The molecule has 1 aromatic carbocycles. The van der Waals surface area contributed by atoms with E-state index in [4.69, 9.17) is 0 Å². The Hall–Kier alpha value is -2.37. The molecule has 1 unspecified atom stereocenters. The molecule has 2 atom stereocenters. The highest BCUT2D eigenvalue weighted by molar-refractivity contribution is 6.10. The van der Waals surface area contributed by atoms with Crippen LogP contribution in [0.15, 0.2) is 24.3 Å². The van der Waals surface area contributed by atoms with Crippen LogP contribution in [0.3, 0.4) is 0 Å². The van der Waals surface area contributed by atoms with Crippen LogP contribution >= 0.6 is 0 Å². The molecule has 1 aliphatic rings. The van der Waals surface area contributed by atoms with Gasteiger partial charge >= 0.3 is 5.97 Å². The van der Waals surface area contributed by atoms with Gasteiger partial charge in [0.05, 0.1) is 0 Å². The average Bonchev–Trinajstić information content (AvgIpc) is 2.93. The summed E-state index contributed by atoms with van der Waals surface area (Å²) in [5.74, 6) is -2.54. The molecule has 25 heavy (non-hydrogen) atoms. The molecule has 6 nitrogen and oxygen atoms in total. The fourth-order valence-corrected chi connectivity index (χ4v) is 2.99. The zero-order chi connectivity index (χ0) is 18.7. The van der Waals surface area contributed by atoms with Gasteiger partial charge in [0.2, 0.25) is 11.8 Å². The zero-order valence-electron chi connectivity index (χ0n) is 15.2. The van der Waals surface area contributed by atoms with Crippen molar-refractivity contribution in [3.8, 4) is 0 Å². The fraction of sp³-hybridized carbons (Fsp3) is 0.526. The highest BCUT2D eigenvalue weighted by Crippen LogP contribution is 2.27. The first kappa shape index (κ1) is 19.0. The highest BCUT2D eigenvalue weighted by Gasteiger charge is 2.39. The van der Waals surface area contributed by atoms with E-state index >= 15 is 0 Å². The third-order valence-corrected chi connectivity index (χ3v) is 4.62. The minimum atomic E-state index is -1.09. The van der Waals surface area contributed by atoms with Gasteiger partial charge in [0, 0.05) is 12.2 Å². The second kappa shape index (κ2) is 7.68. The summed E-state index contributed by atoms with van der Waals surface area (Å²) in [6.45, 7) is 8.10. The van der Waals surface area contributed by atoms with E-state index in [0.717, 1.165) is 5.69 Å². The zero-order valence-corrected chi connectivity index (χ0v) is 15.2. The van der Waals surface area contributed by atoms with Gasteiger partial charge in [-0.05, 0) is 36.0 Å². The molecule has 0 saturated carbocycles. The standard InChI is InChI=1S/C19H26N2O4/c1-11(2)13-5-7-14(8-6-13)21-10-9-15(18(21)23)17(22)20-16(12(3)4)19(24)25/h5-8,11-12,15-16H,9-10H2,1-4H3,(H,20,22)(H,24,25)/t15?,16-/m1/s1. The van der Waals surface area contributed by atoms with E-state index in [1.54, 1.807) is 18.7 Å². The van der Waals surface area contributed by atoms with Gasteiger partial charge < -0.3 is 15.3 Å². The topological polar surface area (TPSA) is 86.7 Å². The van der Waals surface area contributed by atoms with E-state index < -0.39 is 23.8 Å². The first-order valence-electron chi connectivity index (χ1n) is 8.67. The van der Waals surface area contributed by atoms with Crippen molar-refractivity contribution >= 4 is 23.5 Å². The number of carboxylic acids is 1. The average molecular weight is 346 g/mol. The molecule has 1 heterocycles. The number of hydrogen-bond donors (Lipinski definition) is 2. The SMILES string of the molecule is CC(C)c1ccc(N2CCC(C(=O)N[C@@H](C(=O)O)C(C)C)C2=O)cc1. The molecule has 0 spiro atoms. The summed E-state index contributed by atoms with van der Waals surface area (Å²) in [6.07, 6.45) is 0.390. The first-order valence-corrected chi connectivity index (χ1v) is 8.67. The quantitative estimate of drug-likeness (QED) is 0.774. The Balaban J connectivity index is 2.08. The number of carboxylic acid groups (broad SMARTS) is 1. The Morgan fingerprint density at radius 3 is 2.24 bits per heavy atom. The predicted molar refractivity (Wildman–Crippen MR) is 95.4 cm³/mol. The summed E-state index contributed by atoms with van der Waals surface area (Å²) in [4.78, 5) is 37.8. The predicted octanol–water partition coefficient (Wildman–Crippen LogP) is 2.39. The van der Waals surface area contributed by atoms with Crippen LogP contribution in [-0.4, -0.2) is 35.5 Å². The normalized spacial score (nSPS) is 18.7. The van der Waals surface area contributed by atoms with Crippen molar-refractivity contribution in [1.82, 2.24) is 5.32 Å². The molecular formula is C19H26N2O4. The van der Waals surface area contributed by atoms with Crippen molar-refractivity contribution in [2.24, 2.45) is 11.8 Å². The molecule has 0 bridgehead atoms. The molecule has 2 amide bonds. The Morgan fingerprint density at radius 2 is 1.76 bits per heavy atom. The number of nitrogens with zero attached hydrogens (tertiary/aromatic N) is 1. The molecular weight excluding hydrogens is 320 g/mol. The van der Waals surface area contributed by atoms with Gasteiger partial charge in [-0.25, -0.2) is 4.79 Å². The maximum absolute atomic E-state index is 12.6. The van der Waals surface area contributed by atoms with Crippen LogP contribution in [-0.2, 0) is 14.4 Å². The number of benzene rings is 1. The molecule has 1 fully saturated rings. The summed E-state index contributed by atoms with van der Waals surface area (Å²) in [5.41, 5.74) is 1.95. The van der Waals surface area contributed by atoms with Crippen LogP contribution in [0.1, 0.15) is 45.6 Å². The maximum atomic E-state index is 12.6. The second-order valence-corrected chi connectivity index (χ2v) is 7.15. The van der Waals surface area contributed by atoms with E-state index in [9.17, 15) is 19.5 Å². The molecule has 0 aromatic heterocycles. The van der Waals surface area contributed by atoms with Gasteiger partial charge in [0.1, 0.15) is 12.0 Å². The van der Waals surface area contributed by atoms with Crippen LogP contribution in [0, 0.1) is 11.8 Å². The van der Waals surface area contributed by atoms with E-state index in [-0.39, 0.29) is 11.8 Å². The lowest BCUT2D eigenvalue weighted by atomic mass is 10.0. The van der Waals surface area contributed by atoms with E-state index in [0.29, 0.717) is 18.9 Å². The maximum Gasteiger partial charge on any atom is 0.326 e. The third kappa shape index (κ3) is 4.18. The van der Waals surface area contributed by atoms with Crippen molar-refractivity contribution in [2.75, 3.05) is 11.4 Å². The van der Waals surface area contributed by atoms with Crippen LogP contribution in [0.25, 0.3) is 0 Å².